The monoisotopic (exact) mass is 272 g/mol. The number of aromatic nitrogens is 1. The molecule has 0 saturated carbocycles. The Kier molecular flexibility index (Phi) is 3.13. The zero-order valence-corrected chi connectivity index (χ0v) is 9.69. The van der Waals surface area contributed by atoms with E-state index >= 15 is 0 Å². The molecule has 7 heteroatoms. The van der Waals surface area contributed by atoms with E-state index in [9.17, 15) is 18.9 Å². The normalized spacial score (nSPS) is 11.7. The zero-order chi connectivity index (χ0) is 13.3. The second-order valence-corrected chi connectivity index (χ2v) is 4.11. The first-order chi connectivity index (χ1) is 8.40. The van der Waals surface area contributed by atoms with Crippen molar-refractivity contribution in [2.24, 2.45) is 0 Å². The molecule has 0 bridgehead atoms. The minimum absolute atomic E-state index is 0.0959. The van der Waals surface area contributed by atoms with Crippen molar-refractivity contribution in [3.63, 3.8) is 0 Å². The number of fused-ring (bicyclic) bond motifs is 1. The molecule has 0 saturated heterocycles. The predicted octanol–water partition coefficient (Wildman–Crippen LogP) is 3.26. The molecule has 0 aliphatic carbocycles. The molecule has 2 rings (SSSR count). The lowest BCUT2D eigenvalue weighted by Crippen LogP contribution is -2.25. The van der Waals surface area contributed by atoms with Gasteiger partial charge >= 0.3 is 5.92 Å². The number of halogens is 3. The summed E-state index contributed by atoms with van der Waals surface area (Å²) in [6, 6.07) is 7.45. The van der Waals surface area contributed by atoms with Crippen molar-refractivity contribution in [2.45, 2.75) is 5.92 Å². The van der Waals surface area contributed by atoms with Crippen LogP contribution in [0.15, 0.2) is 30.3 Å². The van der Waals surface area contributed by atoms with Crippen molar-refractivity contribution in [1.29, 1.82) is 0 Å². The van der Waals surface area contributed by atoms with Crippen LogP contribution in [0.3, 0.4) is 0 Å². The number of hydrogen-bond donors (Lipinski definition) is 0. The fourth-order valence-electron chi connectivity index (χ4n) is 1.56. The first-order valence-electron chi connectivity index (χ1n) is 4.95. The van der Waals surface area contributed by atoms with Gasteiger partial charge in [0.2, 0.25) is 0 Å². The minimum Gasteiger partial charge on any atom is -0.264 e. The standard InChI is InChI=1S/C11H7ClF2N2O2/c12-8-5-10(11(13,14)6-16(17)18)15-9-4-2-1-3-7(8)9/h1-5H,6H2. The van der Waals surface area contributed by atoms with Gasteiger partial charge in [-0.3, -0.25) is 10.1 Å². The molecule has 1 aromatic carbocycles. The van der Waals surface area contributed by atoms with Gasteiger partial charge in [-0.1, -0.05) is 29.8 Å². The number of benzene rings is 1. The van der Waals surface area contributed by atoms with E-state index in [1.54, 1.807) is 18.2 Å². The lowest BCUT2D eigenvalue weighted by atomic mass is 10.1. The van der Waals surface area contributed by atoms with Gasteiger partial charge in [0, 0.05) is 10.3 Å². The van der Waals surface area contributed by atoms with Gasteiger partial charge in [-0.25, -0.2) is 4.98 Å². The van der Waals surface area contributed by atoms with E-state index < -0.39 is 23.1 Å². The lowest BCUT2D eigenvalue weighted by molar-refractivity contribution is -0.507. The van der Waals surface area contributed by atoms with Crippen LogP contribution in [0.2, 0.25) is 5.02 Å². The van der Waals surface area contributed by atoms with Crippen molar-refractivity contribution in [1.82, 2.24) is 4.98 Å². The number of rotatable bonds is 3. The molecule has 1 heterocycles. The summed E-state index contributed by atoms with van der Waals surface area (Å²) in [5, 5.41) is 10.8. The van der Waals surface area contributed by atoms with Gasteiger partial charge in [0.05, 0.1) is 10.5 Å². The quantitative estimate of drug-likeness (QED) is 0.636. The average Bonchev–Trinajstić information content (AvgIpc) is 2.27. The molecule has 0 amide bonds. The van der Waals surface area contributed by atoms with Crippen molar-refractivity contribution in [3.8, 4) is 0 Å². The second kappa shape index (κ2) is 4.45. The molecule has 0 aliphatic heterocycles. The van der Waals surface area contributed by atoms with Crippen molar-refractivity contribution < 1.29 is 13.7 Å². The van der Waals surface area contributed by atoms with E-state index in [0.29, 0.717) is 5.39 Å². The number of para-hydroxylation sites is 1. The van der Waals surface area contributed by atoms with Gasteiger partial charge in [0.1, 0.15) is 5.69 Å². The molecule has 4 nitrogen and oxygen atoms in total. The summed E-state index contributed by atoms with van der Waals surface area (Å²) < 4.78 is 27.1. The average molecular weight is 273 g/mol. The van der Waals surface area contributed by atoms with Gasteiger partial charge in [-0.05, 0) is 12.1 Å². The smallest absolute Gasteiger partial charge is 0.264 e. The Morgan fingerprint density at radius 1 is 1.39 bits per heavy atom. The molecule has 0 N–H and O–H groups in total. The maximum absolute atomic E-state index is 13.6. The van der Waals surface area contributed by atoms with Crippen LogP contribution < -0.4 is 0 Å². The fourth-order valence-corrected chi connectivity index (χ4v) is 1.83. The lowest BCUT2D eigenvalue weighted by Gasteiger charge is -2.12. The molecule has 0 spiro atoms. The van der Waals surface area contributed by atoms with E-state index in [1.807, 2.05) is 0 Å². The Balaban J connectivity index is 2.55. The number of nitro groups is 1. The van der Waals surface area contributed by atoms with E-state index in [1.165, 1.54) is 6.07 Å². The summed E-state index contributed by atoms with van der Waals surface area (Å²) >= 11 is 5.86. The summed E-state index contributed by atoms with van der Waals surface area (Å²) in [6.45, 7) is -1.51. The summed E-state index contributed by atoms with van der Waals surface area (Å²) in [5.74, 6) is -3.64. The molecule has 1 aromatic heterocycles. The molecular formula is C11H7ClF2N2O2. The number of pyridine rings is 1. The highest BCUT2D eigenvalue weighted by Crippen LogP contribution is 2.31. The number of alkyl halides is 2. The van der Waals surface area contributed by atoms with Gasteiger partial charge in [-0.15, -0.1) is 0 Å². The summed E-state index contributed by atoms with van der Waals surface area (Å²) in [5.41, 5.74) is -0.411. The van der Waals surface area contributed by atoms with Crippen LogP contribution >= 0.6 is 11.6 Å². The zero-order valence-electron chi connectivity index (χ0n) is 8.94. The Bertz CT molecular complexity index is 619. The van der Waals surface area contributed by atoms with Crippen LogP contribution in [-0.4, -0.2) is 16.5 Å². The van der Waals surface area contributed by atoms with Gasteiger partial charge < -0.3 is 0 Å². The van der Waals surface area contributed by atoms with Crippen LogP contribution in [0, 0.1) is 10.1 Å². The van der Waals surface area contributed by atoms with Crippen molar-refractivity contribution in [2.75, 3.05) is 6.54 Å². The van der Waals surface area contributed by atoms with Crippen LogP contribution in [-0.2, 0) is 5.92 Å². The maximum Gasteiger partial charge on any atom is 0.352 e. The van der Waals surface area contributed by atoms with Gasteiger partial charge in [0.25, 0.3) is 6.54 Å². The van der Waals surface area contributed by atoms with Crippen LogP contribution in [0.25, 0.3) is 10.9 Å². The highest BCUT2D eigenvalue weighted by molar-refractivity contribution is 6.35. The molecule has 94 valence electrons. The Morgan fingerprint density at radius 2 is 2.06 bits per heavy atom. The molecule has 0 unspecified atom stereocenters. The maximum atomic E-state index is 13.6. The molecule has 0 aliphatic rings. The first kappa shape index (κ1) is 12.6. The summed E-state index contributed by atoms with van der Waals surface area (Å²) in [4.78, 5) is 12.8. The molecular weight excluding hydrogens is 266 g/mol. The van der Waals surface area contributed by atoms with E-state index in [-0.39, 0.29) is 10.5 Å². The number of hydrogen-bond acceptors (Lipinski definition) is 3. The predicted molar refractivity (Wildman–Crippen MR) is 62.5 cm³/mol. The Labute approximate surface area is 105 Å². The van der Waals surface area contributed by atoms with Crippen LogP contribution in [0.5, 0.6) is 0 Å². The summed E-state index contributed by atoms with van der Waals surface area (Å²) in [7, 11) is 0. The second-order valence-electron chi connectivity index (χ2n) is 3.70. The topological polar surface area (TPSA) is 56.0 Å². The van der Waals surface area contributed by atoms with Crippen LogP contribution in [0.1, 0.15) is 5.69 Å². The van der Waals surface area contributed by atoms with Gasteiger partial charge in [-0.2, -0.15) is 8.78 Å². The largest absolute Gasteiger partial charge is 0.352 e. The summed E-state index contributed by atoms with van der Waals surface area (Å²) in [6.07, 6.45) is 0. The highest BCUT2D eigenvalue weighted by atomic mass is 35.5. The molecule has 0 atom stereocenters. The third-order valence-electron chi connectivity index (χ3n) is 2.37. The number of nitrogens with zero attached hydrogens (tertiary/aromatic N) is 2. The molecule has 2 aromatic rings. The Morgan fingerprint density at radius 3 is 2.72 bits per heavy atom. The van der Waals surface area contributed by atoms with E-state index in [0.717, 1.165) is 6.07 Å². The molecule has 18 heavy (non-hydrogen) atoms. The van der Waals surface area contributed by atoms with Crippen LogP contribution in [0.4, 0.5) is 8.78 Å². The van der Waals surface area contributed by atoms with Crippen molar-refractivity contribution in [3.05, 3.63) is 51.2 Å². The third kappa shape index (κ3) is 2.38. The SMILES string of the molecule is O=[N+]([O-])CC(F)(F)c1cc(Cl)c2ccccc2n1. The highest BCUT2D eigenvalue weighted by Gasteiger charge is 2.40. The van der Waals surface area contributed by atoms with Gasteiger partial charge in [0.15, 0.2) is 0 Å². The minimum atomic E-state index is -3.64. The third-order valence-corrected chi connectivity index (χ3v) is 2.68. The van der Waals surface area contributed by atoms with E-state index in [4.69, 9.17) is 11.6 Å². The Hall–Kier alpha value is -1.82. The molecule has 0 fully saturated rings. The fraction of sp³-hybridized carbons (Fsp3) is 0.182. The van der Waals surface area contributed by atoms with Crippen molar-refractivity contribution >= 4 is 22.5 Å². The van der Waals surface area contributed by atoms with E-state index in [2.05, 4.69) is 4.98 Å². The molecule has 0 radical (unpaired) electrons. The first-order valence-corrected chi connectivity index (χ1v) is 5.33.